The molecule has 3 heteroatoms. The summed E-state index contributed by atoms with van der Waals surface area (Å²) in [6.45, 7) is 0. The number of Topliss-reactive ketones (excluding diaryl/α,β-unsaturated/α-hetero) is 1. The van der Waals surface area contributed by atoms with Gasteiger partial charge in [0.25, 0.3) is 0 Å². The molecule has 0 aliphatic rings. The Labute approximate surface area is 99.3 Å². The lowest BCUT2D eigenvalue weighted by molar-refractivity contribution is 0.0976. The SMILES string of the molecule is N#CC(CC(=O)c1ccccc1)c1ccco1. The number of nitriles is 1. The molecule has 0 saturated heterocycles. The lowest BCUT2D eigenvalue weighted by Gasteiger charge is -2.05. The molecule has 1 atom stereocenters. The quantitative estimate of drug-likeness (QED) is 0.751. The maximum absolute atomic E-state index is 11.9. The van der Waals surface area contributed by atoms with E-state index < -0.39 is 5.92 Å². The van der Waals surface area contributed by atoms with Crippen LogP contribution < -0.4 is 0 Å². The van der Waals surface area contributed by atoms with Crippen LogP contribution in [-0.2, 0) is 0 Å². The average Bonchev–Trinajstić information content (AvgIpc) is 2.90. The van der Waals surface area contributed by atoms with Gasteiger partial charge in [0, 0.05) is 12.0 Å². The summed E-state index contributed by atoms with van der Waals surface area (Å²) in [4.78, 5) is 11.9. The van der Waals surface area contributed by atoms with Gasteiger partial charge in [-0.3, -0.25) is 4.79 Å². The van der Waals surface area contributed by atoms with Crippen molar-refractivity contribution >= 4 is 5.78 Å². The van der Waals surface area contributed by atoms with Gasteiger partial charge in [-0.1, -0.05) is 30.3 Å². The zero-order valence-electron chi connectivity index (χ0n) is 9.17. The third kappa shape index (κ3) is 2.61. The van der Waals surface area contributed by atoms with Crippen LogP contribution in [0.5, 0.6) is 0 Å². The number of ketones is 1. The highest BCUT2D eigenvalue weighted by atomic mass is 16.3. The molecule has 1 heterocycles. The summed E-state index contributed by atoms with van der Waals surface area (Å²) >= 11 is 0. The van der Waals surface area contributed by atoms with Gasteiger partial charge in [-0.05, 0) is 12.1 Å². The first kappa shape index (κ1) is 11.2. The molecule has 0 bridgehead atoms. The topological polar surface area (TPSA) is 54.0 Å². The number of nitrogens with zero attached hydrogens (tertiary/aromatic N) is 1. The first-order valence-electron chi connectivity index (χ1n) is 5.32. The maximum Gasteiger partial charge on any atom is 0.164 e. The Balaban J connectivity index is 2.11. The summed E-state index contributed by atoms with van der Waals surface area (Å²) in [6, 6.07) is 14.5. The van der Waals surface area contributed by atoms with Crippen molar-refractivity contribution in [1.29, 1.82) is 5.26 Å². The Morgan fingerprint density at radius 3 is 2.59 bits per heavy atom. The van der Waals surface area contributed by atoms with Crippen LogP contribution in [0.4, 0.5) is 0 Å². The predicted octanol–water partition coefficient (Wildman–Crippen LogP) is 3.16. The summed E-state index contributed by atoms with van der Waals surface area (Å²) in [5, 5.41) is 9.03. The van der Waals surface area contributed by atoms with Crippen LogP contribution in [0.25, 0.3) is 0 Å². The molecule has 0 saturated carbocycles. The number of hydrogen-bond donors (Lipinski definition) is 0. The Bertz CT molecular complexity index is 523. The van der Waals surface area contributed by atoms with Gasteiger partial charge in [-0.25, -0.2) is 0 Å². The number of furan rings is 1. The van der Waals surface area contributed by atoms with Gasteiger partial charge in [-0.15, -0.1) is 0 Å². The van der Waals surface area contributed by atoms with Gasteiger partial charge in [0.05, 0.1) is 12.3 Å². The van der Waals surface area contributed by atoms with Crippen molar-refractivity contribution in [3.8, 4) is 6.07 Å². The minimum absolute atomic E-state index is 0.0476. The van der Waals surface area contributed by atoms with E-state index in [2.05, 4.69) is 6.07 Å². The van der Waals surface area contributed by atoms with Gasteiger partial charge in [0.1, 0.15) is 11.7 Å². The fourth-order valence-electron chi connectivity index (χ4n) is 1.63. The van der Waals surface area contributed by atoms with E-state index in [1.54, 1.807) is 24.3 Å². The fourth-order valence-corrected chi connectivity index (χ4v) is 1.63. The first-order chi connectivity index (χ1) is 8.31. The maximum atomic E-state index is 11.9. The van der Waals surface area contributed by atoms with E-state index in [4.69, 9.17) is 9.68 Å². The third-order valence-electron chi connectivity index (χ3n) is 2.53. The number of benzene rings is 1. The van der Waals surface area contributed by atoms with Gasteiger partial charge in [-0.2, -0.15) is 5.26 Å². The lowest BCUT2D eigenvalue weighted by Crippen LogP contribution is -2.05. The molecule has 2 aromatic rings. The van der Waals surface area contributed by atoms with Crippen molar-refractivity contribution in [2.45, 2.75) is 12.3 Å². The van der Waals surface area contributed by atoms with Crippen molar-refractivity contribution in [3.63, 3.8) is 0 Å². The van der Waals surface area contributed by atoms with Crippen LogP contribution in [0.1, 0.15) is 28.5 Å². The molecule has 17 heavy (non-hydrogen) atoms. The third-order valence-corrected chi connectivity index (χ3v) is 2.53. The minimum Gasteiger partial charge on any atom is -0.468 e. The average molecular weight is 225 g/mol. The van der Waals surface area contributed by atoms with Crippen molar-refractivity contribution in [2.24, 2.45) is 0 Å². The van der Waals surface area contributed by atoms with Crippen molar-refractivity contribution in [3.05, 3.63) is 60.1 Å². The molecule has 0 aliphatic heterocycles. The first-order valence-corrected chi connectivity index (χ1v) is 5.32. The molecular formula is C14H11NO2. The van der Waals surface area contributed by atoms with Crippen LogP contribution in [0.15, 0.2) is 53.1 Å². The standard InChI is InChI=1S/C14H11NO2/c15-10-12(14-7-4-8-17-14)9-13(16)11-5-2-1-3-6-11/h1-8,12H,9H2. The van der Waals surface area contributed by atoms with E-state index in [0.717, 1.165) is 0 Å². The van der Waals surface area contributed by atoms with Crippen LogP contribution in [-0.4, -0.2) is 5.78 Å². The molecule has 84 valence electrons. The number of rotatable bonds is 4. The molecule has 0 amide bonds. The zero-order valence-corrected chi connectivity index (χ0v) is 9.17. The predicted molar refractivity (Wildman–Crippen MR) is 62.5 cm³/mol. The van der Waals surface area contributed by atoms with Gasteiger partial charge in [0.2, 0.25) is 0 Å². The second-order valence-electron chi connectivity index (χ2n) is 3.69. The van der Waals surface area contributed by atoms with Crippen LogP contribution >= 0.6 is 0 Å². The summed E-state index contributed by atoms with van der Waals surface area (Å²) in [5.41, 5.74) is 0.624. The molecule has 2 rings (SSSR count). The normalized spacial score (nSPS) is 11.7. The summed E-state index contributed by atoms with van der Waals surface area (Å²) < 4.78 is 5.15. The van der Waals surface area contributed by atoms with Crippen molar-refractivity contribution < 1.29 is 9.21 Å². The van der Waals surface area contributed by atoms with Gasteiger partial charge < -0.3 is 4.42 Å². The molecule has 0 radical (unpaired) electrons. The highest BCUT2D eigenvalue weighted by molar-refractivity contribution is 5.96. The number of carbonyl (C=O) groups is 1. The molecule has 3 nitrogen and oxygen atoms in total. The Morgan fingerprint density at radius 2 is 2.00 bits per heavy atom. The summed E-state index contributed by atoms with van der Waals surface area (Å²) in [5.74, 6) is -0.0250. The van der Waals surface area contributed by atoms with Crippen LogP contribution in [0.3, 0.4) is 0 Å². The smallest absolute Gasteiger partial charge is 0.164 e. The molecule has 0 fully saturated rings. The largest absolute Gasteiger partial charge is 0.468 e. The van der Waals surface area contributed by atoms with Crippen molar-refractivity contribution in [1.82, 2.24) is 0 Å². The monoisotopic (exact) mass is 225 g/mol. The van der Waals surface area contributed by atoms with Crippen LogP contribution in [0.2, 0.25) is 0 Å². The summed E-state index contributed by atoms with van der Waals surface area (Å²) in [7, 11) is 0. The molecule has 1 aromatic heterocycles. The van der Waals surface area contributed by atoms with Crippen molar-refractivity contribution in [2.75, 3.05) is 0 Å². The van der Waals surface area contributed by atoms with E-state index in [9.17, 15) is 4.79 Å². The van der Waals surface area contributed by atoms with E-state index >= 15 is 0 Å². The fraction of sp³-hybridized carbons (Fsp3) is 0.143. The molecule has 0 aliphatic carbocycles. The second-order valence-corrected chi connectivity index (χ2v) is 3.69. The summed E-state index contributed by atoms with van der Waals surface area (Å²) in [6.07, 6.45) is 1.65. The lowest BCUT2D eigenvalue weighted by atomic mass is 9.97. The number of hydrogen-bond acceptors (Lipinski definition) is 3. The zero-order chi connectivity index (χ0) is 12.1. The Morgan fingerprint density at radius 1 is 1.24 bits per heavy atom. The van der Waals surface area contributed by atoms with E-state index in [1.807, 2.05) is 18.2 Å². The van der Waals surface area contributed by atoms with Gasteiger partial charge in [0.15, 0.2) is 5.78 Å². The van der Waals surface area contributed by atoms with Crippen LogP contribution in [0, 0.1) is 11.3 Å². The molecule has 0 spiro atoms. The van der Waals surface area contributed by atoms with E-state index in [1.165, 1.54) is 6.26 Å². The second kappa shape index (κ2) is 5.13. The van der Waals surface area contributed by atoms with Gasteiger partial charge >= 0.3 is 0 Å². The highest BCUT2D eigenvalue weighted by Gasteiger charge is 2.18. The Hall–Kier alpha value is -2.34. The van der Waals surface area contributed by atoms with E-state index in [0.29, 0.717) is 11.3 Å². The number of carbonyl (C=O) groups excluding carboxylic acids is 1. The highest BCUT2D eigenvalue weighted by Crippen LogP contribution is 2.21. The minimum atomic E-state index is -0.516. The molecular weight excluding hydrogens is 214 g/mol. The molecule has 1 aromatic carbocycles. The molecule has 0 N–H and O–H groups in total. The Kier molecular flexibility index (Phi) is 3.37. The molecule has 1 unspecified atom stereocenters. The van der Waals surface area contributed by atoms with E-state index in [-0.39, 0.29) is 12.2 Å².